The van der Waals surface area contributed by atoms with Gasteiger partial charge in [-0.25, -0.2) is 9.37 Å². The minimum atomic E-state index is -0.321. The van der Waals surface area contributed by atoms with Crippen LogP contribution >= 0.6 is 0 Å². The Morgan fingerprint density at radius 1 is 0.833 bits per heavy atom. The molecule has 0 atom stereocenters. The molecule has 0 bridgehead atoms. The van der Waals surface area contributed by atoms with Gasteiger partial charge in [-0.15, -0.1) is 0 Å². The van der Waals surface area contributed by atoms with E-state index in [1.807, 2.05) is 26.0 Å². The molecular formula is C19H19FN4. The van der Waals surface area contributed by atoms with Gasteiger partial charge in [0.2, 0.25) is 5.95 Å². The Hall–Kier alpha value is -2.95. The summed E-state index contributed by atoms with van der Waals surface area (Å²) in [4.78, 5) is 8.84. The Morgan fingerprint density at radius 2 is 1.58 bits per heavy atom. The lowest BCUT2D eigenvalue weighted by atomic mass is 10.1. The molecule has 0 saturated heterocycles. The minimum Gasteiger partial charge on any atom is -0.338 e. The molecule has 0 amide bonds. The first-order chi connectivity index (χ1) is 11.5. The molecule has 24 heavy (non-hydrogen) atoms. The van der Waals surface area contributed by atoms with Gasteiger partial charge >= 0.3 is 0 Å². The summed E-state index contributed by atoms with van der Waals surface area (Å²) in [5, 5.41) is 6.24. The lowest BCUT2D eigenvalue weighted by Gasteiger charge is -2.12. The second kappa shape index (κ2) is 6.66. The van der Waals surface area contributed by atoms with Crippen molar-refractivity contribution in [3.63, 3.8) is 0 Å². The molecule has 0 aliphatic heterocycles. The van der Waals surface area contributed by atoms with Gasteiger partial charge in [0.1, 0.15) is 11.6 Å². The number of aromatic nitrogens is 2. The Kier molecular flexibility index (Phi) is 4.42. The monoisotopic (exact) mass is 322 g/mol. The summed E-state index contributed by atoms with van der Waals surface area (Å²) in [7, 11) is 0. The molecule has 0 spiro atoms. The van der Waals surface area contributed by atoms with Gasteiger partial charge in [0.05, 0.1) is 5.69 Å². The summed E-state index contributed by atoms with van der Waals surface area (Å²) < 4.78 is 13.8. The highest BCUT2D eigenvalue weighted by molar-refractivity contribution is 5.63. The maximum Gasteiger partial charge on any atom is 0.229 e. The van der Waals surface area contributed by atoms with E-state index < -0.39 is 0 Å². The second-order valence-corrected chi connectivity index (χ2v) is 5.70. The van der Waals surface area contributed by atoms with Crippen molar-refractivity contribution in [2.75, 3.05) is 10.6 Å². The molecule has 122 valence electrons. The van der Waals surface area contributed by atoms with Crippen LogP contribution in [0.25, 0.3) is 0 Å². The van der Waals surface area contributed by atoms with Crippen molar-refractivity contribution in [1.29, 1.82) is 0 Å². The van der Waals surface area contributed by atoms with Crippen LogP contribution in [0.1, 0.15) is 16.8 Å². The number of rotatable bonds is 4. The molecular weight excluding hydrogens is 303 g/mol. The zero-order chi connectivity index (χ0) is 17.1. The molecule has 0 fully saturated rings. The average molecular weight is 322 g/mol. The van der Waals surface area contributed by atoms with Crippen molar-refractivity contribution in [2.45, 2.75) is 20.8 Å². The van der Waals surface area contributed by atoms with Gasteiger partial charge in [0, 0.05) is 17.4 Å². The fraction of sp³-hybridized carbons (Fsp3) is 0.158. The zero-order valence-corrected chi connectivity index (χ0v) is 13.9. The normalized spacial score (nSPS) is 10.5. The highest BCUT2D eigenvalue weighted by atomic mass is 19.1. The number of halogens is 1. The quantitative estimate of drug-likeness (QED) is 0.707. The zero-order valence-electron chi connectivity index (χ0n) is 13.9. The van der Waals surface area contributed by atoms with Gasteiger partial charge in [-0.05, 0) is 50.1 Å². The third-order valence-electron chi connectivity index (χ3n) is 3.84. The van der Waals surface area contributed by atoms with E-state index in [0.717, 1.165) is 16.9 Å². The molecule has 0 radical (unpaired) electrons. The van der Waals surface area contributed by atoms with Crippen molar-refractivity contribution >= 4 is 23.1 Å². The van der Waals surface area contributed by atoms with Crippen molar-refractivity contribution in [2.24, 2.45) is 0 Å². The maximum absolute atomic E-state index is 13.8. The lowest BCUT2D eigenvalue weighted by Crippen LogP contribution is -2.04. The molecule has 3 rings (SSSR count). The average Bonchev–Trinajstić information content (AvgIpc) is 2.54. The molecule has 1 heterocycles. The second-order valence-electron chi connectivity index (χ2n) is 5.70. The smallest absolute Gasteiger partial charge is 0.229 e. The molecule has 4 nitrogen and oxygen atoms in total. The van der Waals surface area contributed by atoms with E-state index in [-0.39, 0.29) is 5.82 Å². The molecule has 0 unspecified atom stereocenters. The van der Waals surface area contributed by atoms with E-state index in [1.165, 1.54) is 11.6 Å². The number of nitrogens with one attached hydrogen (secondary N) is 2. The van der Waals surface area contributed by atoms with Gasteiger partial charge in [0.25, 0.3) is 0 Å². The number of benzene rings is 2. The highest BCUT2D eigenvalue weighted by Gasteiger charge is 2.07. The Morgan fingerprint density at radius 3 is 2.38 bits per heavy atom. The van der Waals surface area contributed by atoms with E-state index in [0.29, 0.717) is 17.5 Å². The first-order valence-electron chi connectivity index (χ1n) is 7.73. The summed E-state index contributed by atoms with van der Waals surface area (Å²) in [5.74, 6) is 0.695. The predicted molar refractivity (Wildman–Crippen MR) is 95.7 cm³/mol. The maximum atomic E-state index is 13.8. The van der Waals surface area contributed by atoms with Crippen LogP contribution in [-0.2, 0) is 0 Å². The summed E-state index contributed by atoms with van der Waals surface area (Å²) in [6.07, 6.45) is 0. The largest absolute Gasteiger partial charge is 0.338 e. The number of nitrogens with zero attached hydrogens (tertiary/aromatic N) is 2. The number of hydrogen-bond acceptors (Lipinski definition) is 4. The van der Waals surface area contributed by atoms with Crippen LogP contribution in [-0.4, -0.2) is 9.97 Å². The first-order valence-corrected chi connectivity index (χ1v) is 7.73. The third-order valence-corrected chi connectivity index (χ3v) is 3.84. The molecule has 0 saturated carbocycles. The van der Waals surface area contributed by atoms with Gasteiger partial charge in [-0.1, -0.05) is 24.3 Å². The van der Waals surface area contributed by atoms with E-state index in [1.54, 1.807) is 24.3 Å². The summed E-state index contributed by atoms with van der Waals surface area (Å²) >= 11 is 0. The third kappa shape index (κ3) is 3.51. The van der Waals surface area contributed by atoms with Gasteiger partial charge in [-0.3, -0.25) is 0 Å². The fourth-order valence-electron chi connectivity index (χ4n) is 2.40. The van der Waals surface area contributed by atoms with Crippen LogP contribution in [0.2, 0.25) is 0 Å². The molecule has 0 aliphatic carbocycles. The number of hydrogen-bond donors (Lipinski definition) is 2. The summed E-state index contributed by atoms with van der Waals surface area (Å²) in [6.45, 7) is 5.98. The first kappa shape index (κ1) is 15.9. The summed E-state index contributed by atoms with van der Waals surface area (Å²) in [5.41, 5.74) is 4.46. The SMILES string of the molecule is Cc1cc(Nc2ccccc2F)nc(Nc2cccc(C)c2C)n1. The van der Waals surface area contributed by atoms with Crippen molar-refractivity contribution in [3.8, 4) is 0 Å². The van der Waals surface area contributed by atoms with Gasteiger partial charge in [-0.2, -0.15) is 4.98 Å². The van der Waals surface area contributed by atoms with Gasteiger partial charge < -0.3 is 10.6 Å². The van der Waals surface area contributed by atoms with Crippen LogP contribution in [0.3, 0.4) is 0 Å². The summed E-state index contributed by atoms with van der Waals surface area (Å²) in [6, 6.07) is 14.3. The predicted octanol–water partition coefficient (Wildman–Crippen LogP) is 5.03. The Balaban J connectivity index is 1.89. The highest BCUT2D eigenvalue weighted by Crippen LogP contribution is 2.23. The molecule has 1 aromatic heterocycles. The van der Waals surface area contributed by atoms with E-state index in [4.69, 9.17) is 0 Å². The standard InChI is InChI=1S/C19H19FN4/c1-12-7-6-10-16(14(12)3)23-19-21-13(2)11-18(24-19)22-17-9-5-4-8-15(17)20/h4-11H,1-3H3,(H2,21,22,23,24). The topological polar surface area (TPSA) is 49.8 Å². The number of aryl methyl sites for hydroxylation is 2. The van der Waals surface area contributed by atoms with Crippen molar-refractivity contribution in [1.82, 2.24) is 9.97 Å². The number of para-hydroxylation sites is 1. The van der Waals surface area contributed by atoms with Crippen LogP contribution < -0.4 is 10.6 Å². The molecule has 2 N–H and O–H groups in total. The molecule has 2 aromatic carbocycles. The van der Waals surface area contributed by atoms with Crippen LogP contribution in [0, 0.1) is 26.6 Å². The Labute approximate surface area is 140 Å². The van der Waals surface area contributed by atoms with Crippen LogP contribution in [0.4, 0.5) is 27.5 Å². The molecule has 5 heteroatoms. The number of anilines is 4. The van der Waals surface area contributed by atoms with Crippen LogP contribution in [0.15, 0.2) is 48.5 Å². The molecule has 0 aliphatic rings. The molecule has 3 aromatic rings. The van der Waals surface area contributed by atoms with Gasteiger partial charge in [0.15, 0.2) is 0 Å². The van der Waals surface area contributed by atoms with E-state index in [9.17, 15) is 4.39 Å². The van der Waals surface area contributed by atoms with Crippen molar-refractivity contribution < 1.29 is 4.39 Å². The van der Waals surface area contributed by atoms with E-state index in [2.05, 4.69) is 33.6 Å². The van der Waals surface area contributed by atoms with E-state index >= 15 is 0 Å². The van der Waals surface area contributed by atoms with Crippen LogP contribution in [0.5, 0.6) is 0 Å². The lowest BCUT2D eigenvalue weighted by molar-refractivity contribution is 0.632. The van der Waals surface area contributed by atoms with Crippen molar-refractivity contribution in [3.05, 3.63) is 71.2 Å². The minimum absolute atomic E-state index is 0.321. The Bertz CT molecular complexity index is 877. The fourth-order valence-corrected chi connectivity index (χ4v) is 2.40.